The number of carbonyl (C=O) groups is 4. The molecule has 2 fully saturated rings. The van der Waals surface area contributed by atoms with Crippen molar-refractivity contribution in [3.05, 3.63) is 54.1 Å². The molecule has 1 heterocycles. The SMILES string of the molecule is NC(=O)c1ccc(N2C(=O)CC(Sc3ccc(NC(=O)C4CC4)cc3)C2=O)cc1. The lowest BCUT2D eigenvalue weighted by Crippen LogP contribution is -2.31. The highest BCUT2D eigenvalue weighted by atomic mass is 32.2. The zero-order valence-electron chi connectivity index (χ0n) is 15.5. The molecular formula is C21H19N3O4S. The second-order valence-corrected chi connectivity index (χ2v) is 8.35. The van der Waals surface area contributed by atoms with Crippen LogP contribution in [0, 0.1) is 5.92 Å². The summed E-state index contributed by atoms with van der Waals surface area (Å²) in [6.07, 6.45) is 1.99. The fraction of sp³-hybridized carbons (Fsp3) is 0.238. The molecule has 1 saturated carbocycles. The van der Waals surface area contributed by atoms with Crippen molar-refractivity contribution in [3.8, 4) is 0 Å². The first-order valence-corrected chi connectivity index (χ1v) is 10.1. The topological polar surface area (TPSA) is 110 Å². The van der Waals surface area contributed by atoms with E-state index in [2.05, 4.69) is 5.32 Å². The van der Waals surface area contributed by atoms with E-state index in [1.54, 1.807) is 24.3 Å². The summed E-state index contributed by atoms with van der Waals surface area (Å²) in [6.45, 7) is 0. The Morgan fingerprint density at radius 3 is 2.24 bits per heavy atom. The number of amides is 4. The van der Waals surface area contributed by atoms with E-state index in [9.17, 15) is 19.2 Å². The van der Waals surface area contributed by atoms with Gasteiger partial charge in [-0.05, 0) is 61.4 Å². The number of nitrogens with one attached hydrogen (secondary N) is 1. The molecule has 0 aromatic heterocycles. The Labute approximate surface area is 171 Å². The van der Waals surface area contributed by atoms with E-state index in [4.69, 9.17) is 5.73 Å². The number of rotatable bonds is 6. The van der Waals surface area contributed by atoms with E-state index in [0.29, 0.717) is 11.3 Å². The fourth-order valence-electron chi connectivity index (χ4n) is 3.11. The molecule has 0 radical (unpaired) electrons. The first kappa shape index (κ1) is 19.2. The van der Waals surface area contributed by atoms with Gasteiger partial charge in [0.1, 0.15) is 0 Å². The molecule has 1 saturated heterocycles. The van der Waals surface area contributed by atoms with Crippen LogP contribution in [0.1, 0.15) is 29.6 Å². The number of benzene rings is 2. The molecule has 3 N–H and O–H groups in total. The Kier molecular flexibility index (Phi) is 5.10. The smallest absolute Gasteiger partial charge is 0.248 e. The molecule has 1 unspecified atom stereocenters. The predicted molar refractivity (Wildman–Crippen MR) is 110 cm³/mol. The van der Waals surface area contributed by atoms with Crippen molar-refractivity contribution in [3.63, 3.8) is 0 Å². The highest BCUT2D eigenvalue weighted by Crippen LogP contribution is 2.35. The lowest BCUT2D eigenvalue weighted by atomic mass is 10.2. The van der Waals surface area contributed by atoms with Gasteiger partial charge in [0.15, 0.2) is 0 Å². The standard InChI is InChI=1S/C21H19N3O4S/c22-19(26)12-3-7-15(8-4-12)24-18(25)11-17(21(24)28)29-16-9-5-14(6-10-16)23-20(27)13-1-2-13/h3-10,13,17H,1-2,11H2,(H2,22,26)(H,23,27). The molecule has 7 nitrogen and oxygen atoms in total. The third kappa shape index (κ3) is 4.17. The lowest BCUT2D eigenvalue weighted by molar-refractivity contribution is -0.121. The number of primary amides is 1. The van der Waals surface area contributed by atoms with Crippen LogP contribution in [0.2, 0.25) is 0 Å². The third-order valence-corrected chi connectivity index (χ3v) is 6.06. The van der Waals surface area contributed by atoms with Gasteiger partial charge in [0.25, 0.3) is 0 Å². The molecule has 2 aromatic carbocycles. The number of nitrogens with zero attached hydrogens (tertiary/aromatic N) is 1. The van der Waals surface area contributed by atoms with Crippen LogP contribution in [0.5, 0.6) is 0 Å². The molecule has 4 rings (SSSR count). The molecule has 4 amide bonds. The maximum Gasteiger partial charge on any atom is 0.248 e. The summed E-state index contributed by atoms with van der Waals surface area (Å²) < 4.78 is 0. The predicted octanol–water partition coefficient (Wildman–Crippen LogP) is 2.56. The Hall–Kier alpha value is -3.13. The summed E-state index contributed by atoms with van der Waals surface area (Å²) in [6, 6.07) is 13.3. The molecule has 2 aliphatic rings. The van der Waals surface area contributed by atoms with Gasteiger partial charge in [0.2, 0.25) is 23.6 Å². The van der Waals surface area contributed by atoms with Crippen molar-refractivity contribution >= 4 is 46.8 Å². The second-order valence-electron chi connectivity index (χ2n) is 7.08. The minimum absolute atomic E-state index is 0.0416. The molecule has 1 aliphatic carbocycles. The average molecular weight is 409 g/mol. The summed E-state index contributed by atoms with van der Waals surface area (Å²) >= 11 is 1.32. The van der Waals surface area contributed by atoms with E-state index >= 15 is 0 Å². The van der Waals surface area contributed by atoms with Gasteiger partial charge in [-0.15, -0.1) is 11.8 Å². The lowest BCUT2D eigenvalue weighted by Gasteiger charge is -2.15. The first-order chi connectivity index (χ1) is 13.9. The van der Waals surface area contributed by atoms with Crippen LogP contribution in [-0.2, 0) is 14.4 Å². The normalized spacial score (nSPS) is 18.8. The third-order valence-electron chi connectivity index (χ3n) is 4.86. The van der Waals surface area contributed by atoms with Crippen LogP contribution >= 0.6 is 11.8 Å². The number of anilines is 2. The quantitative estimate of drug-likeness (QED) is 0.713. The van der Waals surface area contributed by atoms with Gasteiger partial charge in [0, 0.05) is 28.5 Å². The largest absolute Gasteiger partial charge is 0.366 e. The van der Waals surface area contributed by atoms with Gasteiger partial charge in [-0.3, -0.25) is 19.2 Å². The number of hydrogen-bond acceptors (Lipinski definition) is 5. The minimum Gasteiger partial charge on any atom is -0.366 e. The number of carbonyl (C=O) groups excluding carboxylic acids is 4. The highest BCUT2D eigenvalue weighted by molar-refractivity contribution is 8.00. The van der Waals surface area contributed by atoms with Crippen molar-refractivity contribution in [2.24, 2.45) is 11.7 Å². The number of imide groups is 1. The summed E-state index contributed by atoms with van der Waals surface area (Å²) in [4.78, 5) is 50.2. The number of nitrogens with two attached hydrogens (primary N) is 1. The van der Waals surface area contributed by atoms with Crippen molar-refractivity contribution in [1.29, 1.82) is 0 Å². The van der Waals surface area contributed by atoms with Gasteiger partial charge in [-0.25, -0.2) is 4.90 Å². The Morgan fingerprint density at radius 1 is 1.00 bits per heavy atom. The molecule has 148 valence electrons. The fourth-order valence-corrected chi connectivity index (χ4v) is 4.17. The maximum absolute atomic E-state index is 12.8. The van der Waals surface area contributed by atoms with Gasteiger partial charge in [-0.2, -0.15) is 0 Å². The monoisotopic (exact) mass is 409 g/mol. The summed E-state index contributed by atoms with van der Waals surface area (Å²) in [5.74, 6) is -0.972. The zero-order valence-corrected chi connectivity index (χ0v) is 16.3. The van der Waals surface area contributed by atoms with E-state index < -0.39 is 11.2 Å². The Balaban J connectivity index is 1.42. The van der Waals surface area contributed by atoms with Crippen molar-refractivity contribution in [2.45, 2.75) is 29.4 Å². The van der Waals surface area contributed by atoms with Crippen molar-refractivity contribution < 1.29 is 19.2 Å². The summed E-state index contributed by atoms with van der Waals surface area (Å²) in [7, 11) is 0. The number of hydrogen-bond donors (Lipinski definition) is 2. The van der Waals surface area contributed by atoms with Gasteiger partial charge < -0.3 is 11.1 Å². The second kappa shape index (κ2) is 7.71. The van der Waals surface area contributed by atoms with Crippen LogP contribution in [0.25, 0.3) is 0 Å². The van der Waals surface area contributed by atoms with Crippen LogP contribution < -0.4 is 16.0 Å². The van der Waals surface area contributed by atoms with E-state index in [1.807, 2.05) is 12.1 Å². The maximum atomic E-state index is 12.8. The molecule has 1 aliphatic heterocycles. The van der Waals surface area contributed by atoms with E-state index in [-0.39, 0.29) is 30.1 Å². The van der Waals surface area contributed by atoms with Gasteiger partial charge in [0.05, 0.1) is 10.9 Å². The van der Waals surface area contributed by atoms with Gasteiger partial charge in [-0.1, -0.05) is 0 Å². The Bertz CT molecular complexity index is 984. The van der Waals surface area contributed by atoms with Crippen molar-refractivity contribution in [1.82, 2.24) is 0 Å². The highest BCUT2D eigenvalue weighted by Gasteiger charge is 2.40. The Morgan fingerprint density at radius 2 is 1.66 bits per heavy atom. The molecule has 0 bridgehead atoms. The van der Waals surface area contributed by atoms with Crippen LogP contribution in [0.4, 0.5) is 11.4 Å². The van der Waals surface area contributed by atoms with Crippen molar-refractivity contribution in [2.75, 3.05) is 10.2 Å². The summed E-state index contributed by atoms with van der Waals surface area (Å²) in [5.41, 5.74) is 6.68. The van der Waals surface area contributed by atoms with E-state index in [0.717, 1.165) is 28.3 Å². The summed E-state index contributed by atoms with van der Waals surface area (Å²) in [5, 5.41) is 2.35. The molecule has 1 atom stereocenters. The molecule has 2 aromatic rings. The van der Waals surface area contributed by atoms with Gasteiger partial charge >= 0.3 is 0 Å². The molecule has 8 heteroatoms. The molecule has 0 spiro atoms. The molecule has 29 heavy (non-hydrogen) atoms. The average Bonchev–Trinajstić information content (AvgIpc) is 3.51. The minimum atomic E-state index is -0.569. The zero-order chi connectivity index (χ0) is 20.5. The van der Waals surface area contributed by atoms with Crippen LogP contribution in [-0.4, -0.2) is 28.9 Å². The first-order valence-electron chi connectivity index (χ1n) is 9.26. The van der Waals surface area contributed by atoms with E-state index in [1.165, 1.54) is 23.9 Å². The van der Waals surface area contributed by atoms with Crippen LogP contribution in [0.3, 0.4) is 0 Å². The number of thioether (sulfide) groups is 1. The molecular weight excluding hydrogens is 390 g/mol. The van der Waals surface area contributed by atoms with Crippen LogP contribution in [0.15, 0.2) is 53.4 Å².